The Labute approximate surface area is 162 Å². The summed E-state index contributed by atoms with van der Waals surface area (Å²) >= 11 is 5.18. The monoisotopic (exact) mass is 390 g/mol. The molecule has 0 unspecified atom stereocenters. The van der Waals surface area contributed by atoms with Crippen LogP contribution < -0.4 is 5.32 Å². The molecule has 0 spiro atoms. The lowest BCUT2D eigenvalue weighted by molar-refractivity contribution is -0.161. The Morgan fingerprint density at radius 3 is 2.67 bits per heavy atom. The van der Waals surface area contributed by atoms with Crippen molar-refractivity contribution in [3.05, 3.63) is 40.6 Å². The van der Waals surface area contributed by atoms with E-state index >= 15 is 0 Å². The van der Waals surface area contributed by atoms with Crippen LogP contribution in [0.5, 0.6) is 0 Å². The van der Waals surface area contributed by atoms with Crippen LogP contribution >= 0.6 is 12.2 Å². The van der Waals surface area contributed by atoms with Gasteiger partial charge in [-0.15, -0.1) is 0 Å². The van der Waals surface area contributed by atoms with Crippen LogP contribution in [0.1, 0.15) is 30.0 Å². The van der Waals surface area contributed by atoms with Gasteiger partial charge in [-0.25, -0.2) is 4.79 Å². The second kappa shape index (κ2) is 7.38. The Balaban J connectivity index is 1.99. The molecule has 1 aromatic rings. The van der Waals surface area contributed by atoms with Crippen LogP contribution in [0.4, 0.5) is 0 Å². The summed E-state index contributed by atoms with van der Waals surface area (Å²) in [6.07, 6.45) is 0.0118. The number of rotatable bonds is 6. The van der Waals surface area contributed by atoms with Gasteiger partial charge in [0.25, 0.3) is 0 Å². The number of hydrogen-bond acceptors (Lipinski definition) is 5. The van der Waals surface area contributed by atoms with Crippen LogP contribution in [-0.2, 0) is 22.6 Å². The maximum absolute atomic E-state index is 12.3. The first-order valence-corrected chi connectivity index (χ1v) is 9.12. The van der Waals surface area contributed by atoms with E-state index in [9.17, 15) is 24.9 Å². The average Bonchev–Trinajstić information content (AvgIpc) is 2.96. The molecule has 144 valence electrons. The van der Waals surface area contributed by atoms with Gasteiger partial charge in [0.2, 0.25) is 5.91 Å². The number of hydrogen-bond donors (Lipinski definition) is 4. The molecule has 2 aliphatic heterocycles. The third-order valence-electron chi connectivity index (χ3n) is 5.29. The summed E-state index contributed by atoms with van der Waals surface area (Å²) in [6.45, 7) is 1.34. The molecule has 1 amide bonds. The summed E-state index contributed by atoms with van der Waals surface area (Å²) in [5.74, 6) is -2.11. The predicted molar refractivity (Wildman–Crippen MR) is 103 cm³/mol. The molecule has 2 heterocycles. The number of amides is 1. The van der Waals surface area contributed by atoms with Gasteiger partial charge in [0.15, 0.2) is 0 Å². The number of aliphatic carboxylic acids is 1. The average molecular weight is 390 g/mol. The van der Waals surface area contributed by atoms with Crippen LogP contribution in [0.3, 0.4) is 0 Å². The highest BCUT2D eigenvalue weighted by Crippen LogP contribution is 2.47. The normalized spacial score (nSPS) is 22.4. The maximum atomic E-state index is 12.3. The molecule has 0 aliphatic carbocycles. The summed E-state index contributed by atoms with van der Waals surface area (Å²) in [5, 5.41) is 32.1. The van der Waals surface area contributed by atoms with Crippen molar-refractivity contribution in [2.24, 2.45) is 5.92 Å². The fraction of sp³-hybridized carbons (Fsp3) is 0.421. The summed E-state index contributed by atoms with van der Waals surface area (Å²) < 4.78 is 0. The van der Waals surface area contributed by atoms with Gasteiger partial charge in [0.1, 0.15) is 5.70 Å². The van der Waals surface area contributed by atoms with Gasteiger partial charge in [0, 0.05) is 13.5 Å². The molecule has 3 rings (SSSR count). The van der Waals surface area contributed by atoms with Gasteiger partial charge in [-0.2, -0.15) is 0 Å². The summed E-state index contributed by atoms with van der Waals surface area (Å²) in [7, 11) is 1.73. The van der Waals surface area contributed by atoms with E-state index in [4.69, 9.17) is 12.2 Å². The molecule has 8 heteroatoms. The lowest BCUT2D eigenvalue weighted by Gasteiger charge is -2.44. The van der Waals surface area contributed by atoms with Gasteiger partial charge in [-0.3, -0.25) is 4.79 Å². The largest absolute Gasteiger partial charge is 0.477 e. The molecular formula is C19H22N2O5S. The molecule has 0 aromatic heterocycles. The van der Waals surface area contributed by atoms with Crippen LogP contribution in [0, 0.1) is 5.92 Å². The minimum absolute atomic E-state index is 0.0377. The van der Waals surface area contributed by atoms with E-state index in [1.54, 1.807) is 26.1 Å². The van der Waals surface area contributed by atoms with Crippen LogP contribution in [0.2, 0.25) is 0 Å². The van der Waals surface area contributed by atoms with Crippen molar-refractivity contribution < 1.29 is 24.9 Å². The number of aliphatic hydroxyl groups is 2. The smallest absolute Gasteiger partial charge is 0.352 e. The molecule has 2 aliphatic rings. The Kier molecular flexibility index (Phi) is 5.32. The van der Waals surface area contributed by atoms with E-state index in [0.717, 1.165) is 5.56 Å². The van der Waals surface area contributed by atoms with Crippen molar-refractivity contribution in [3.8, 4) is 0 Å². The number of fused-ring (bicyclic) bond motifs is 1. The number of nitrogens with one attached hydrogen (secondary N) is 1. The molecule has 1 saturated heterocycles. The standard InChI is InChI=1S/C19H22N2O5S/c1-9(23)16-14-7-13(17(19(25)26)21(14)18(16)24)11-4-3-10(6-15(27)20-2)12(5-11)8-22/h3-5,9,14,16,22-23H,6-8H2,1-2H3,(H,20,27)(H,25,26)/t9-,14-,16-/m1/s1. The number of aliphatic hydroxyl groups excluding tert-OH is 2. The third-order valence-corrected chi connectivity index (χ3v) is 5.63. The molecule has 1 aromatic carbocycles. The molecule has 0 radical (unpaired) electrons. The first-order valence-electron chi connectivity index (χ1n) is 8.71. The second-order valence-corrected chi connectivity index (χ2v) is 7.36. The van der Waals surface area contributed by atoms with E-state index in [1.807, 2.05) is 6.07 Å². The fourth-order valence-electron chi connectivity index (χ4n) is 3.92. The third kappa shape index (κ3) is 3.24. The zero-order valence-corrected chi connectivity index (χ0v) is 15.9. The van der Waals surface area contributed by atoms with Gasteiger partial charge < -0.3 is 25.5 Å². The fourth-order valence-corrected chi connectivity index (χ4v) is 4.08. The summed E-state index contributed by atoms with van der Waals surface area (Å²) in [4.78, 5) is 26.0. The van der Waals surface area contributed by atoms with Crippen molar-refractivity contribution in [1.82, 2.24) is 10.2 Å². The van der Waals surface area contributed by atoms with Crippen molar-refractivity contribution in [2.45, 2.75) is 38.5 Å². The number of carboxylic acids is 1. The highest BCUT2D eigenvalue weighted by molar-refractivity contribution is 7.80. The van der Waals surface area contributed by atoms with Crippen molar-refractivity contribution in [2.75, 3.05) is 7.05 Å². The summed E-state index contributed by atoms with van der Waals surface area (Å²) in [5.41, 5.74) is 2.68. The van der Waals surface area contributed by atoms with Gasteiger partial charge in [-0.05, 0) is 41.7 Å². The van der Waals surface area contributed by atoms with Crippen LogP contribution in [0.25, 0.3) is 5.57 Å². The zero-order valence-electron chi connectivity index (χ0n) is 15.1. The SMILES string of the molecule is CNC(=S)Cc1ccc(C2=C(C(=O)O)N3C(=O)[C@H]([C@@H](C)O)[C@H]3C2)cc1CO. The minimum atomic E-state index is -1.17. The van der Waals surface area contributed by atoms with Gasteiger partial charge in [-0.1, -0.05) is 24.4 Å². The van der Waals surface area contributed by atoms with E-state index < -0.39 is 18.0 Å². The number of thiocarbonyl (C=S) groups is 1. The number of β-lactam (4-membered cyclic amide) rings is 1. The molecule has 27 heavy (non-hydrogen) atoms. The number of benzene rings is 1. The lowest BCUT2D eigenvalue weighted by Crippen LogP contribution is -2.61. The molecule has 0 saturated carbocycles. The van der Waals surface area contributed by atoms with E-state index in [0.29, 0.717) is 34.5 Å². The first kappa shape index (κ1) is 19.5. The zero-order chi connectivity index (χ0) is 19.9. The number of carboxylic acid groups (broad SMARTS) is 1. The highest BCUT2D eigenvalue weighted by Gasteiger charge is 2.56. The first-order chi connectivity index (χ1) is 12.8. The predicted octanol–water partition coefficient (Wildman–Crippen LogP) is 0.675. The van der Waals surface area contributed by atoms with E-state index in [2.05, 4.69) is 5.32 Å². The number of likely N-dealkylation sites (N-methyl/N-ethyl adjacent to an activating group) is 1. The number of nitrogens with zero attached hydrogens (tertiary/aromatic N) is 1. The van der Waals surface area contributed by atoms with Crippen LogP contribution in [0.15, 0.2) is 23.9 Å². The maximum Gasteiger partial charge on any atom is 0.352 e. The van der Waals surface area contributed by atoms with Crippen molar-refractivity contribution >= 4 is 34.7 Å². The Morgan fingerprint density at radius 2 is 2.11 bits per heavy atom. The van der Waals surface area contributed by atoms with E-state index in [-0.39, 0.29) is 24.3 Å². The molecule has 0 bridgehead atoms. The topological polar surface area (TPSA) is 110 Å². The molecular weight excluding hydrogens is 368 g/mol. The molecule has 4 N–H and O–H groups in total. The van der Waals surface area contributed by atoms with Gasteiger partial charge in [0.05, 0.1) is 29.7 Å². The van der Waals surface area contributed by atoms with Gasteiger partial charge >= 0.3 is 5.97 Å². The highest BCUT2D eigenvalue weighted by atomic mass is 32.1. The molecule has 1 fully saturated rings. The second-order valence-electron chi connectivity index (χ2n) is 6.87. The summed E-state index contributed by atoms with van der Waals surface area (Å²) in [6, 6.07) is 5.02. The van der Waals surface area contributed by atoms with Crippen molar-refractivity contribution in [1.29, 1.82) is 0 Å². The molecule has 3 atom stereocenters. The Bertz CT molecular complexity index is 849. The Morgan fingerprint density at radius 1 is 1.41 bits per heavy atom. The number of carbonyl (C=O) groups is 2. The van der Waals surface area contributed by atoms with Crippen LogP contribution in [-0.4, -0.2) is 56.3 Å². The number of carbonyl (C=O) groups excluding carboxylic acids is 1. The quantitative estimate of drug-likeness (QED) is 0.418. The van der Waals surface area contributed by atoms with E-state index in [1.165, 1.54) is 4.90 Å². The molecule has 7 nitrogen and oxygen atoms in total. The lowest BCUT2D eigenvalue weighted by atomic mass is 9.82. The minimum Gasteiger partial charge on any atom is -0.477 e. The van der Waals surface area contributed by atoms with Crippen molar-refractivity contribution in [3.63, 3.8) is 0 Å². The Hall–Kier alpha value is -2.29.